The van der Waals surface area contributed by atoms with Crippen LogP contribution in [0.1, 0.15) is 18.4 Å². The van der Waals surface area contributed by atoms with Crippen molar-refractivity contribution in [2.24, 2.45) is 0 Å². The molecule has 0 unspecified atom stereocenters. The third-order valence-electron chi connectivity index (χ3n) is 3.80. The van der Waals surface area contributed by atoms with E-state index in [1.807, 2.05) is 24.3 Å². The highest BCUT2D eigenvalue weighted by Gasteiger charge is 2.16. The Morgan fingerprint density at radius 3 is 3.14 bits per heavy atom. The predicted octanol–water partition coefficient (Wildman–Crippen LogP) is 2.93. The summed E-state index contributed by atoms with van der Waals surface area (Å²) in [6.45, 7) is 3.50. The second kappa shape index (κ2) is 7.11. The van der Waals surface area contributed by atoms with Crippen molar-refractivity contribution in [2.45, 2.75) is 30.9 Å². The molecule has 1 atom stereocenters. The molecule has 1 N–H and O–H groups in total. The third-order valence-corrected chi connectivity index (χ3v) is 4.71. The molecule has 1 aliphatic heterocycles. The molecule has 0 bridgehead atoms. The number of pyridine rings is 1. The first kappa shape index (κ1) is 15.3. The van der Waals surface area contributed by atoms with Gasteiger partial charge in [-0.3, -0.25) is 4.79 Å². The maximum absolute atomic E-state index is 11.9. The maximum Gasteiger partial charge on any atom is 0.230 e. The zero-order valence-corrected chi connectivity index (χ0v) is 13.5. The second-order valence-electron chi connectivity index (χ2n) is 5.52. The average molecular weight is 316 g/mol. The largest absolute Gasteiger partial charge is 0.376 e. The lowest BCUT2D eigenvalue weighted by molar-refractivity contribution is -0.119. The van der Waals surface area contributed by atoms with E-state index in [9.17, 15) is 4.79 Å². The van der Waals surface area contributed by atoms with Gasteiger partial charge in [-0.1, -0.05) is 30.0 Å². The lowest BCUT2D eigenvalue weighted by Crippen LogP contribution is -2.32. The normalized spacial score (nSPS) is 17.8. The monoisotopic (exact) mass is 316 g/mol. The fraction of sp³-hybridized carbons (Fsp3) is 0.412. The summed E-state index contributed by atoms with van der Waals surface area (Å²) in [5, 5.41) is 4.99. The van der Waals surface area contributed by atoms with Crippen LogP contribution in [-0.2, 0) is 9.53 Å². The molecule has 0 spiro atoms. The molecule has 4 nitrogen and oxygen atoms in total. The number of amides is 1. The Morgan fingerprint density at radius 1 is 1.45 bits per heavy atom. The Kier molecular flexibility index (Phi) is 4.95. The highest BCUT2D eigenvalue weighted by Crippen LogP contribution is 2.23. The van der Waals surface area contributed by atoms with Gasteiger partial charge in [-0.05, 0) is 37.5 Å². The van der Waals surface area contributed by atoms with Crippen molar-refractivity contribution in [1.29, 1.82) is 0 Å². The SMILES string of the molecule is Cc1cc(SCC(=O)NC[C@H]2CCCO2)nc2ccccc12. The number of nitrogens with one attached hydrogen (secondary N) is 1. The summed E-state index contributed by atoms with van der Waals surface area (Å²) in [6.07, 6.45) is 2.32. The number of ether oxygens (including phenoxy) is 1. The molecule has 116 valence electrons. The van der Waals surface area contributed by atoms with Crippen LogP contribution in [0.25, 0.3) is 10.9 Å². The molecule has 2 aromatic rings. The van der Waals surface area contributed by atoms with Crippen LogP contribution < -0.4 is 5.32 Å². The van der Waals surface area contributed by atoms with Crippen molar-refractivity contribution >= 4 is 28.6 Å². The summed E-state index contributed by atoms with van der Waals surface area (Å²) in [7, 11) is 0. The van der Waals surface area contributed by atoms with Crippen molar-refractivity contribution in [3.05, 3.63) is 35.9 Å². The number of benzene rings is 1. The van der Waals surface area contributed by atoms with E-state index in [4.69, 9.17) is 4.74 Å². The van der Waals surface area contributed by atoms with E-state index in [1.54, 1.807) is 0 Å². The van der Waals surface area contributed by atoms with Crippen molar-refractivity contribution < 1.29 is 9.53 Å². The molecule has 22 heavy (non-hydrogen) atoms. The van der Waals surface area contributed by atoms with Gasteiger partial charge in [0.1, 0.15) is 0 Å². The highest BCUT2D eigenvalue weighted by atomic mass is 32.2. The number of hydrogen-bond acceptors (Lipinski definition) is 4. The first-order chi connectivity index (χ1) is 10.7. The van der Waals surface area contributed by atoms with E-state index >= 15 is 0 Å². The standard InChI is InChI=1S/C17H20N2O2S/c1-12-9-17(19-15-7-3-2-6-14(12)15)22-11-16(20)18-10-13-5-4-8-21-13/h2-3,6-7,9,13H,4-5,8,10-11H2,1H3,(H,18,20)/t13-/m1/s1. The smallest absolute Gasteiger partial charge is 0.230 e. The first-order valence-corrected chi connectivity index (χ1v) is 8.58. The van der Waals surface area contributed by atoms with E-state index < -0.39 is 0 Å². The zero-order chi connectivity index (χ0) is 15.4. The number of carbonyl (C=O) groups excluding carboxylic acids is 1. The maximum atomic E-state index is 11.9. The molecule has 1 aromatic carbocycles. The van der Waals surface area contributed by atoms with E-state index in [-0.39, 0.29) is 12.0 Å². The molecule has 2 heterocycles. The molecule has 1 fully saturated rings. The third kappa shape index (κ3) is 3.78. The number of rotatable bonds is 5. The van der Waals surface area contributed by atoms with Gasteiger partial charge in [0.25, 0.3) is 0 Å². The number of nitrogens with zero attached hydrogens (tertiary/aromatic N) is 1. The number of aromatic nitrogens is 1. The minimum atomic E-state index is 0.0353. The first-order valence-electron chi connectivity index (χ1n) is 7.60. The number of thioether (sulfide) groups is 1. The summed E-state index contributed by atoms with van der Waals surface area (Å²) < 4.78 is 5.50. The minimum Gasteiger partial charge on any atom is -0.376 e. The quantitative estimate of drug-likeness (QED) is 0.862. The number of hydrogen-bond donors (Lipinski definition) is 1. The number of para-hydroxylation sites is 1. The molecule has 1 aromatic heterocycles. The zero-order valence-electron chi connectivity index (χ0n) is 12.7. The summed E-state index contributed by atoms with van der Waals surface area (Å²) in [6, 6.07) is 10.1. The van der Waals surface area contributed by atoms with Gasteiger partial charge < -0.3 is 10.1 Å². The Balaban J connectivity index is 1.55. The van der Waals surface area contributed by atoms with Gasteiger partial charge in [-0.15, -0.1) is 0 Å². The molecule has 0 radical (unpaired) electrons. The lowest BCUT2D eigenvalue weighted by Gasteiger charge is -2.10. The van der Waals surface area contributed by atoms with Gasteiger partial charge in [0.05, 0.1) is 22.4 Å². The van der Waals surface area contributed by atoms with E-state index in [2.05, 4.69) is 23.3 Å². The Hall–Kier alpha value is -1.59. The van der Waals surface area contributed by atoms with Crippen LogP contribution in [0.5, 0.6) is 0 Å². The van der Waals surface area contributed by atoms with Crippen LogP contribution in [0.15, 0.2) is 35.4 Å². The van der Waals surface area contributed by atoms with Crippen molar-refractivity contribution in [3.8, 4) is 0 Å². The molecule has 1 amide bonds. The Labute approximate surface area is 134 Å². The number of fused-ring (bicyclic) bond motifs is 1. The second-order valence-corrected chi connectivity index (χ2v) is 6.52. The molecule has 3 rings (SSSR count). The topological polar surface area (TPSA) is 51.2 Å². The average Bonchev–Trinajstić information content (AvgIpc) is 3.04. The van der Waals surface area contributed by atoms with Crippen LogP contribution in [0, 0.1) is 6.92 Å². The molecule has 1 saturated heterocycles. The fourth-order valence-corrected chi connectivity index (χ4v) is 3.42. The van der Waals surface area contributed by atoms with Crippen LogP contribution >= 0.6 is 11.8 Å². The molecular formula is C17H20N2O2S. The van der Waals surface area contributed by atoms with Gasteiger partial charge in [-0.2, -0.15) is 0 Å². The van der Waals surface area contributed by atoms with Gasteiger partial charge in [-0.25, -0.2) is 4.98 Å². The van der Waals surface area contributed by atoms with Crippen molar-refractivity contribution in [2.75, 3.05) is 18.9 Å². The molecule has 1 aliphatic rings. The summed E-state index contributed by atoms with van der Waals surface area (Å²) >= 11 is 1.48. The summed E-state index contributed by atoms with van der Waals surface area (Å²) in [5.41, 5.74) is 2.16. The van der Waals surface area contributed by atoms with E-state index in [0.717, 1.165) is 35.4 Å². The lowest BCUT2D eigenvalue weighted by atomic mass is 10.1. The van der Waals surface area contributed by atoms with Gasteiger partial charge in [0, 0.05) is 18.5 Å². The number of aryl methyl sites for hydroxylation is 1. The van der Waals surface area contributed by atoms with Gasteiger partial charge >= 0.3 is 0 Å². The Bertz CT molecular complexity index is 669. The van der Waals surface area contributed by atoms with Crippen LogP contribution in [0.2, 0.25) is 0 Å². The van der Waals surface area contributed by atoms with Gasteiger partial charge in [0.15, 0.2) is 0 Å². The van der Waals surface area contributed by atoms with Crippen LogP contribution in [0.4, 0.5) is 0 Å². The molecule has 0 aliphatic carbocycles. The minimum absolute atomic E-state index is 0.0353. The molecule has 5 heteroatoms. The van der Waals surface area contributed by atoms with Crippen LogP contribution in [-0.4, -0.2) is 35.9 Å². The molecular weight excluding hydrogens is 296 g/mol. The van der Waals surface area contributed by atoms with Crippen molar-refractivity contribution in [1.82, 2.24) is 10.3 Å². The predicted molar refractivity (Wildman–Crippen MR) is 89.2 cm³/mol. The number of carbonyl (C=O) groups is 1. The highest BCUT2D eigenvalue weighted by molar-refractivity contribution is 7.99. The summed E-state index contributed by atoms with van der Waals surface area (Å²) in [4.78, 5) is 16.5. The van der Waals surface area contributed by atoms with Gasteiger partial charge in [0.2, 0.25) is 5.91 Å². The van der Waals surface area contributed by atoms with E-state index in [0.29, 0.717) is 12.3 Å². The van der Waals surface area contributed by atoms with Crippen molar-refractivity contribution in [3.63, 3.8) is 0 Å². The fourth-order valence-electron chi connectivity index (χ4n) is 2.62. The molecule has 0 saturated carbocycles. The summed E-state index contributed by atoms with van der Waals surface area (Å²) in [5.74, 6) is 0.422. The van der Waals surface area contributed by atoms with E-state index in [1.165, 1.54) is 17.3 Å². The van der Waals surface area contributed by atoms with Crippen LogP contribution in [0.3, 0.4) is 0 Å². The Morgan fingerprint density at radius 2 is 2.32 bits per heavy atom.